The van der Waals surface area contributed by atoms with Crippen molar-refractivity contribution < 1.29 is 0 Å². The lowest BCUT2D eigenvalue weighted by molar-refractivity contribution is 1.39. The Labute approximate surface area is 114 Å². The molecular formula is C19H18. The van der Waals surface area contributed by atoms with E-state index in [4.69, 9.17) is 0 Å². The van der Waals surface area contributed by atoms with Gasteiger partial charge in [-0.05, 0) is 53.8 Å². The van der Waals surface area contributed by atoms with Crippen molar-refractivity contribution in [3.05, 3.63) is 71.3 Å². The Hall–Kier alpha value is -2.08. The van der Waals surface area contributed by atoms with E-state index in [0.717, 1.165) is 0 Å². The largest absolute Gasteiger partial charge is 0.0616 e. The first-order valence-electron chi connectivity index (χ1n) is 6.73. The minimum atomic E-state index is 1.31. The normalized spacial score (nSPS) is 10.9. The molecule has 0 spiro atoms. The molecule has 0 nitrogen and oxygen atoms in total. The lowest BCUT2D eigenvalue weighted by Gasteiger charge is -2.12. The minimum absolute atomic E-state index is 1.31. The third-order valence-electron chi connectivity index (χ3n) is 3.83. The molecule has 0 heteroatoms. The molecule has 0 N–H and O–H groups in total. The summed E-state index contributed by atoms with van der Waals surface area (Å²) in [6, 6.07) is 19.8. The van der Waals surface area contributed by atoms with Crippen molar-refractivity contribution >= 4 is 10.8 Å². The molecule has 0 bridgehead atoms. The van der Waals surface area contributed by atoms with Crippen LogP contribution >= 0.6 is 0 Å². The Morgan fingerprint density at radius 1 is 0.579 bits per heavy atom. The summed E-state index contributed by atoms with van der Waals surface area (Å²) < 4.78 is 0. The van der Waals surface area contributed by atoms with Crippen LogP contribution in [0.5, 0.6) is 0 Å². The lowest BCUT2D eigenvalue weighted by atomic mass is 9.92. The molecule has 0 aliphatic heterocycles. The first kappa shape index (κ1) is 12.0. The quantitative estimate of drug-likeness (QED) is 0.537. The molecule has 94 valence electrons. The second kappa shape index (κ2) is 4.55. The van der Waals surface area contributed by atoms with E-state index in [0.29, 0.717) is 0 Å². The van der Waals surface area contributed by atoms with Crippen molar-refractivity contribution in [1.29, 1.82) is 0 Å². The molecule has 0 aliphatic carbocycles. The van der Waals surface area contributed by atoms with Gasteiger partial charge in [0.2, 0.25) is 0 Å². The van der Waals surface area contributed by atoms with Gasteiger partial charge in [-0.3, -0.25) is 0 Å². The van der Waals surface area contributed by atoms with Gasteiger partial charge in [-0.15, -0.1) is 0 Å². The van der Waals surface area contributed by atoms with Crippen LogP contribution < -0.4 is 0 Å². The zero-order valence-electron chi connectivity index (χ0n) is 11.7. The Kier molecular flexibility index (Phi) is 2.87. The Morgan fingerprint density at radius 2 is 1.26 bits per heavy atom. The number of rotatable bonds is 1. The average Bonchev–Trinajstić information content (AvgIpc) is 2.43. The van der Waals surface area contributed by atoms with Gasteiger partial charge in [-0.1, -0.05) is 60.2 Å². The first-order chi connectivity index (χ1) is 9.16. The molecule has 0 heterocycles. The van der Waals surface area contributed by atoms with Crippen molar-refractivity contribution in [2.75, 3.05) is 0 Å². The van der Waals surface area contributed by atoms with E-state index in [1.165, 1.54) is 38.6 Å². The predicted molar refractivity (Wildman–Crippen MR) is 83.6 cm³/mol. The van der Waals surface area contributed by atoms with Crippen LogP contribution in [0.1, 0.15) is 16.7 Å². The highest BCUT2D eigenvalue weighted by Crippen LogP contribution is 2.32. The molecule has 3 aromatic rings. The average molecular weight is 246 g/mol. The summed E-state index contributed by atoms with van der Waals surface area (Å²) in [5, 5.41) is 2.69. The molecule has 0 aliphatic rings. The molecule has 0 saturated heterocycles. The van der Waals surface area contributed by atoms with Crippen molar-refractivity contribution in [2.45, 2.75) is 20.8 Å². The van der Waals surface area contributed by atoms with Gasteiger partial charge in [0.1, 0.15) is 0 Å². The van der Waals surface area contributed by atoms with Crippen LogP contribution in [-0.2, 0) is 0 Å². The van der Waals surface area contributed by atoms with Gasteiger partial charge in [-0.2, -0.15) is 0 Å². The van der Waals surface area contributed by atoms with E-state index in [1.807, 2.05) is 0 Å². The summed E-state index contributed by atoms with van der Waals surface area (Å²) in [6.45, 7) is 6.51. The number of fused-ring (bicyclic) bond motifs is 1. The third-order valence-corrected chi connectivity index (χ3v) is 3.83. The van der Waals surface area contributed by atoms with Gasteiger partial charge < -0.3 is 0 Å². The van der Waals surface area contributed by atoms with Crippen LogP contribution in [0.15, 0.2) is 54.6 Å². The topological polar surface area (TPSA) is 0 Å². The fraction of sp³-hybridized carbons (Fsp3) is 0.158. The third kappa shape index (κ3) is 2.04. The summed E-state index contributed by atoms with van der Waals surface area (Å²) in [4.78, 5) is 0. The van der Waals surface area contributed by atoms with E-state index < -0.39 is 0 Å². The Balaban J connectivity index is 2.37. The van der Waals surface area contributed by atoms with E-state index in [1.54, 1.807) is 0 Å². The Morgan fingerprint density at radius 3 is 2.05 bits per heavy atom. The number of benzene rings is 3. The molecule has 0 unspecified atom stereocenters. The van der Waals surface area contributed by atoms with Crippen LogP contribution in [0.3, 0.4) is 0 Å². The summed E-state index contributed by atoms with van der Waals surface area (Å²) in [5.41, 5.74) is 6.66. The molecule has 0 radical (unpaired) electrons. The number of hydrogen-bond donors (Lipinski definition) is 0. The Bertz CT molecular complexity index is 751. The van der Waals surface area contributed by atoms with Crippen LogP contribution in [0.25, 0.3) is 21.9 Å². The molecule has 0 fully saturated rings. The van der Waals surface area contributed by atoms with E-state index in [9.17, 15) is 0 Å². The van der Waals surface area contributed by atoms with Crippen LogP contribution in [0.4, 0.5) is 0 Å². The van der Waals surface area contributed by atoms with E-state index in [2.05, 4.69) is 75.4 Å². The van der Waals surface area contributed by atoms with Gasteiger partial charge in [0, 0.05) is 0 Å². The highest BCUT2D eigenvalue weighted by molar-refractivity contribution is 5.99. The zero-order chi connectivity index (χ0) is 13.4. The van der Waals surface area contributed by atoms with Crippen molar-refractivity contribution in [1.82, 2.24) is 0 Å². The maximum Gasteiger partial charge on any atom is -0.0102 e. The van der Waals surface area contributed by atoms with Gasteiger partial charge in [0.05, 0.1) is 0 Å². The molecule has 0 amide bonds. The van der Waals surface area contributed by atoms with Gasteiger partial charge in [-0.25, -0.2) is 0 Å². The summed E-state index contributed by atoms with van der Waals surface area (Å²) >= 11 is 0. The predicted octanol–water partition coefficient (Wildman–Crippen LogP) is 5.43. The second-order valence-electron chi connectivity index (χ2n) is 5.29. The fourth-order valence-electron chi connectivity index (χ4n) is 2.71. The zero-order valence-corrected chi connectivity index (χ0v) is 11.7. The van der Waals surface area contributed by atoms with Gasteiger partial charge in [0.25, 0.3) is 0 Å². The van der Waals surface area contributed by atoms with Crippen molar-refractivity contribution in [2.24, 2.45) is 0 Å². The van der Waals surface area contributed by atoms with E-state index >= 15 is 0 Å². The van der Waals surface area contributed by atoms with Gasteiger partial charge >= 0.3 is 0 Å². The molecular weight excluding hydrogens is 228 g/mol. The standard InChI is InChI=1S/C19H18/c1-13-8-9-15(3)19(12-13)18-11-10-14(2)16-6-4-5-7-17(16)18/h4-12H,1-3H3. The molecule has 0 saturated carbocycles. The molecule has 19 heavy (non-hydrogen) atoms. The minimum Gasteiger partial charge on any atom is -0.0616 e. The fourth-order valence-corrected chi connectivity index (χ4v) is 2.71. The van der Waals surface area contributed by atoms with Crippen LogP contribution in [0, 0.1) is 20.8 Å². The summed E-state index contributed by atoms with van der Waals surface area (Å²) in [5.74, 6) is 0. The second-order valence-corrected chi connectivity index (χ2v) is 5.29. The van der Waals surface area contributed by atoms with Crippen molar-refractivity contribution in [3.8, 4) is 11.1 Å². The monoisotopic (exact) mass is 246 g/mol. The number of hydrogen-bond acceptors (Lipinski definition) is 0. The molecule has 0 atom stereocenters. The lowest BCUT2D eigenvalue weighted by Crippen LogP contribution is -1.88. The summed E-state index contributed by atoms with van der Waals surface area (Å²) in [7, 11) is 0. The highest BCUT2D eigenvalue weighted by atomic mass is 14.1. The van der Waals surface area contributed by atoms with E-state index in [-0.39, 0.29) is 0 Å². The number of aryl methyl sites for hydroxylation is 3. The molecule has 3 rings (SSSR count). The smallest absolute Gasteiger partial charge is 0.0102 e. The maximum atomic E-state index is 2.28. The van der Waals surface area contributed by atoms with Crippen LogP contribution in [0.2, 0.25) is 0 Å². The summed E-state index contributed by atoms with van der Waals surface area (Å²) in [6.07, 6.45) is 0. The molecule has 3 aromatic carbocycles. The SMILES string of the molecule is Cc1ccc(C)c(-c2ccc(C)c3ccccc23)c1. The molecule has 0 aromatic heterocycles. The van der Waals surface area contributed by atoms with Crippen LogP contribution in [-0.4, -0.2) is 0 Å². The van der Waals surface area contributed by atoms with Gasteiger partial charge in [0.15, 0.2) is 0 Å². The first-order valence-corrected chi connectivity index (χ1v) is 6.73. The highest BCUT2D eigenvalue weighted by Gasteiger charge is 2.07. The maximum absolute atomic E-state index is 2.28. The van der Waals surface area contributed by atoms with Crippen molar-refractivity contribution in [3.63, 3.8) is 0 Å².